The largest absolute Gasteiger partial charge is 0.480 e. The van der Waals surface area contributed by atoms with Gasteiger partial charge in [0.05, 0.1) is 6.61 Å². The standard InChI is InChI=1S/C12H16F3NO3/c1-6-8-7(4-16(3)9(6)10(17)18)5-19-11(8,2)12(13,14)15/h6,9H,4-5H2,1-3H3,(H,17,18)/t6?,9?,11-/m0/s1. The Balaban J connectivity index is 2.47. The molecule has 0 saturated carbocycles. The van der Waals surface area contributed by atoms with Crippen LogP contribution in [0.5, 0.6) is 0 Å². The van der Waals surface area contributed by atoms with Crippen molar-refractivity contribution in [2.24, 2.45) is 5.92 Å². The van der Waals surface area contributed by atoms with Gasteiger partial charge in [0.1, 0.15) is 6.04 Å². The molecule has 0 aromatic carbocycles. The predicted molar refractivity (Wildman–Crippen MR) is 60.7 cm³/mol. The summed E-state index contributed by atoms with van der Waals surface area (Å²) in [5.41, 5.74) is -1.73. The summed E-state index contributed by atoms with van der Waals surface area (Å²) in [4.78, 5) is 12.8. The summed E-state index contributed by atoms with van der Waals surface area (Å²) in [6.45, 7) is 2.60. The summed E-state index contributed by atoms with van der Waals surface area (Å²) in [5.74, 6) is -1.85. The third-order valence-corrected chi connectivity index (χ3v) is 4.07. The smallest absolute Gasteiger partial charge is 0.421 e. The first kappa shape index (κ1) is 14.3. The first-order valence-electron chi connectivity index (χ1n) is 5.95. The van der Waals surface area contributed by atoms with Crippen molar-refractivity contribution in [2.75, 3.05) is 20.2 Å². The van der Waals surface area contributed by atoms with Crippen LogP contribution in [0.1, 0.15) is 13.8 Å². The van der Waals surface area contributed by atoms with E-state index in [0.717, 1.165) is 6.92 Å². The highest BCUT2D eigenvalue weighted by Crippen LogP contribution is 2.49. The van der Waals surface area contributed by atoms with Crippen molar-refractivity contribution in [1.82, 2.24) is 4.90 Å². The number of halogens is 3. The lowest BCUT2D eigenvalue weighted by atomic mass is 9.77. The van der Waals surface area contributed by atoms with Crippen LogP contribution in [0.25, 0.3) is 0 Å². The van der Waals surface area contributed by atoms with Gasteiger partial charge >= 0.3 is 12.1 Å². The van der Waals surface area contributed by atoms with Crippen molar-refractivity contribution < 1.29 is 27.8 Å². The third kappa shape index (κ3) is 1.95. The molecule has 0 radical (unpaired) electrons. The SMILES string of the molecule is CC1C2=C(CO[C@]2(C)C(F)(F)F)CN(C)C1C(=O)O. The summed E-state index contributed by atoms with van der Waals surface area (Å²) in [5, 5.41) is 9.19. The van der Waals surface area contributed by atoms with Crippen LogP contribution in [0, 0.1) is 5.92 Å². The van der Waals surface area contributed by atoms with Gasteiger partial charge in [0.25, 0.3) is 0 Å². The quantitative estimate of drug-likeness (QED) is 0.742. The van der Waals surface area contributed by atoms with Gasteiger partial charge in [0, 0.05) is 12.5 Å². The Hall–Kier alpha value is -1.08. The van der Waals surface area contributed by atoms with Crippen molar-refractivity contribution >= 4 is 5.97 Å². The molecule has 2 aliphatic heterocycles. The number of hydrogen-bond acceptors (Lipinski definition) is 3. The molecule has 0 spiro atoms. The van der Waals surface area contributed by atoms with Gasteiger partial charge in [0.2, 0.25) is 0 Å². The molecule has 0 aliphatic carbocycles. The number of nitrogens with zero attached hydrogens (tertiary/aromatic N) is 1. The van der Waals surface area contributed by atoms with Crippen molar-refractivity contribution in [3.8, 4) is 0 Å². The lowest BCUT2D eigenvalue weighted by Gasteiger charge is -2.40. The maximum atomic E-state index is 13.2. The zero-order chi connectivity index (χ0) is 14.6. The maximum Gasteiger partial charge on any atom is 0.421 e. The number of carbonyl (C=O) groups is 1. The number of carboxylic acids is 1. The molecule has 19 heavy (non-hydrogen) atoms. The summed E-state index contributed by atoms with van der Waals surface area (Å²) < 4.78 is 44.6. The van der Waals surface area contributed by atoms with Crippen LogP contribution in [-0.4, -0.2) is 54.0 Å². The molecule has 108 valence electrons. The molecule has 0 aromatic heterocycles. The van der Waals surface area contributed by atoms with E-state index in [4.69, 9.17) is 4.74 Å². The van der Waals surface area contributed by atoms with E-state index in [9.17, 15) is 23.1 Å². The van der Waals surface area contributed by atoms with Crippen molar-refractivity contribution in [3.63, 3.8) is 0 Å². The van der Waals surface area contributed by atoms with Crippen molar-refractivity contribution in [3.05, 3.63) is 11.1 Å². The van der Waals surface area contributed by atoms with E-state index >= 15 is 0 Å². The third-order valence-electron chi connectivity index (χ3n) is 4.07. The fraction of sp³-hybridized carbons (Fsp3) is 0.750. The van der Waals surface area contributed by atoms with Gasteiger partial charge in [-0.2, -0.15) is 13.2 Å². The van der Waals surface area contributed by atoms with Gasteiger partial charge in [-0.05, 0) is 25.1 Å². The van der Waals surface area contributed by atoms with Gasteiger partial charge in [0.15, 0.2) is 5.60 Å². The minimum atomic E-state index is -4.54. The van der Waals surface area contributed by atoms with E-state index in [-0.39, 0.29) is 18.7 Å². The van der Waals surface area contributed by atoms with Crippen molar-refractivity contribution in [2.45, 2.75) is 31.7 Å². The van der Waals surface area contributed by atoms with E-state index in [1.165, 1.54) is 6.92 Å². The Labute approximate surface area is 108 Å². The summed E-state index contributed by atoms with van der Waals surface area (Å²) in [7, 11) is 1.60. The number of likely N-dealkylation sites (N-methyl/N-ethyl adjacent to an activating group) is 1. The minimum Gasteiger partial charge on any atom is -0.480 e. The van der Waals surface area contributed by atoms with Gasteiger partial charge in [-0.25, -0.2) is 0 Å². The first-order chi connectivity index (χ1) is 8.59. The average Bonchev–Trinajstić information content (AvgIpc) is 2.55. The predicted octanol–water partition coefficient (Wildman–Crippen LogP) is 1.67. The molecule has 0 amide bonds. The van der Waals surface area contributed by atoms with Crippen molar-refractivity contribution in [1.29, 1.82) is 0 Å². The Morgan fingerprint density at radius 3 is 2.58 bits per heavy atom. The first-order valence-corrected chi connectivity index (χ1v) is 5.95. The van der Waals surface area contributed by atoms with E-state index in [0.29, 0.717) is 5.57 Å². The molecule has 2 unspecified atom stereocenters. The Kier molecular flexibility index (Phi) is 3.17. The van der Waals surface area contributed by atoms with Crippen LogP contribution in [0.2, 0.25) is 0 Å². The Morgan fingerprint density at radius 2 is 2.11 bits per heavy atom. The van der Waals surface area contributed by atoms with E-state index < -0.39 is 29.7 Å². The summed E-state index contributed by atoms with van der Waals surface area (Å²) in [6, 6.07) is -0.956. The zero-order valence-electron chi connectivity index (χ0n) is 10.9. The molecular weight excluding hydrogens is 263 g/mol. The molecule has 2 rings (SSSR count). The number of hydrogen-bond donors (Lipinski definition) is 1. The summed E-state index contributed by atoms with van der Waals surface area (Å²) >= 11 is 0. The molecule has 7 heteroatoms. The Morgan fingerprint density at radius 1 is 1.53 bits per heavy atom. The molecule has 0 bridgehead atoms. The van der Waals surface area contributed by atoms with Crippen LogP contribution in [0.3, 0.4) is 0 Å². The maximum absolute atomic E-state index is 13.2. The average molecular weight is 279 g/mol. The number of aliphatic carboxylic acids is 1. The molecule has 2 heterocycles. The number of rotatable bonds is 1. The zero-order valence-corrected chi connectivity index (χ0v) is 10.9. The molecule has 0 fully saturated rings. The highest BCUT2D eigenvalue weighted by Gasteiger charge is 2.61. The molecule has 0 saturated heterocycles. The van der Waals surface area contributed by atoms with E-state index in [1.807, 2.05) is 0 Å². The molecule has 0 aromatic rings. The second-order valence-corrected chi connectivity index (χ2v) is 5.32. The van der Waals surface area contributed by atoms with Crippen LogP contribution in [0.15, 0.2) is 11.1 Å². The molecule has 2 aliphatic rings. The second kappa shape index (κ2) is 4.21. The van der Waals surface area contributed by atoms with Gasteiger partial charge < -0.3 is 9.84 Å². The normalized spacial score (nSPS) is 36.5. The van der Waals surface area contributed by atoms with Gasteiger partial charge in [-0.15, -0.1) is 0 Å². The fourth-order valence-corrected chi connectivity index (χ4v) is 3.19. The lowest BCUT2D eigenvalue weighted by molar-refractivity contribution is -0.247. The van der Waals surface area contributed by atoms with Gasteiger partial charge in [-0.3, -0.25) is 9.69 Å². The fourth-order valence-electron chi connectivity index (χ4n) is 3.19. The van der Waals surface area contributed by atoms with Crippen LogP contribution >= 0.6 is 0 Å². The van der Waals surface area contributed by atoms with Crippen LogP contribution in [0.4, 0.5) is 13.2 Å². The highest BCUT2D eigenvalue weighted by molar-refractivity contribution is 5.75. The van der Waals surface area contributed by atoms with Crippen LogP contribution in [-0.2, 0) is 9.53 Å². The topological polar surface area (TPSA) is 49.8 Å². The monoisotopic (exact) mass is 279 g/mol. The molecule has 1 N–H and O–H groups in total. The molecule has 3 atom stereocenters. The van der Waals surface area contributed by atoms with Gasteiger partial charge in [-0.1, -0.05) is 6.92 Å². The minimum absolute atomic E-state index is 0.0884. The van der Waals surface area contributed by atoms with E-state index in [2.05, 4.69) is 0 Å². The van der Waals surface area contributed by atoms with Crippen LogP contribution < -0.4 is 0 Å². The summed E-state index contributed by atoms with van der Waals surface area (Å²) in [6.07, 6.45) is -4.54. The number of alkyl halides is 3. The van der Waals surface area contributed by atoms with E-state index in [1.54, 1.807) is 11.9 Å². The molecule has 4 nitrogen and oxygen atoms in total. The number of carboxylic acid groups (broad SMARTS) is 1. The second-order valence-electron chi connectivity index (χ2n) is 5.32. The number of ether oxygens (including phenoxy) is 1. The lowest BCUT2D eigenvalue weighted by Crippen LogP contribution is -2.53. The highest BCUT2D eigenvalue weighted by atomic mass is 19.4. The Bertz CT molecular complexity index is 446. The molecular formula is C12H16F3NO3.